The van der Waals surface area contributed by atoms with Gasteiger partial charge in [0.15, 0.2) is 5.78 Å². The number of hydrogen-bond donors (Lipinski definition) is 0. The molecular weight excluding hydrogens is 499 g/mol. The summed E-state index contributed by atoms with van der Waals surface area (Å²) < 4.78 is 68.5. The number of benzene rings is 2. The molecule has 0 atom stereocenters. The maximum absolute atomic E-state index is 13.2. The van der Waals surface area contributed by atoms with Crippen molar-refractivity contribution in [2.45, 2.75) is 38.5 Å². The van der Waals surface area contributed by atoms with E-state index >= 15 is 0 Å². The second-order valence-electron chi connectivity index (χ2n) is 7.07. The molecule has 1 heterocycles. The third-order valence-corrected chi connectivity index (χ3v) is 4.85. The molecule has 0 bridgehead atoms. The average Bonchev–Trinajstić information content (AvgIpc) is 3.01. The van der Waals surface area contributed by atoms with Crippen LogP contribution in [0.3, 0.4) is 0 Å². The van der Waals surface area contributed by atoms with E-state index in [0.29, 0.717) is 18.8 Å². The molecule has 0 fully saturated rings. The van der Waals surface area contributed by atoms with E-state index in [-0.39, 0.29) is 46.3 Å². The second kappa shape index (κ2) is 11.4. The van der Waals surface area contributed by atoms with E-state index in [1.54, 1.807) is 0 Å². The Morgan fingerprint density at radius 3 is 2.44 bits per heavy atom. The molecule has 0 saturated carbocycles. The van der Waals surface area contributed by atoms with Gasteiger partial charge >= 0.3 is 12.8 Å². The van der Waals surface area contributed by atoms with Gasteiger partial charge in [0.05, 0.1) is 12.1 Å². The van der Waals surface area contributed by atoms with Gasteiger partial charge in [0.1, 0.15) is 11.6 Å². The van der Waals surface area contributed by atoms with E-state index in [1.165, 1.54) is 41.3 Å². The van der Waals surface area contributed by atoms with Gasteiger partial charge in [-0.25, -0.2) is 0 Å². The Hall–Kier alpha value is -2.49. The minimum atomic E-state index is -4.52. The van der Waals surface area contributed by atoms with Crippen LogP contribution in [-0.2, 0) is 6.18 Å². The van der Waals surface area contributed by atoms with Gasteiger partial charge in [-0.15, -0.1) is 17.0 Å². The number of halogens is 6. The molecule has 0 aliphatic carbocycles. The van der Waals surface area contributed by atoms with Gasteiger partial charge in [0.2, 0.25) is 0 Å². The van der Waals surface area contributed by atoms with E-state index in [1.807, 2.05) is 0 Å². The molecule has 0 saturated heterocycles. The molecule has 0 spiro atoms. The van der Waals surface area contributed by atoms with Crippen LogP contribution in [0, 0.1) is 0 Å². The molecule has 1 aliphatic heterocycles. The Bertz CT molecular complexity index is 933. The molecule has 0 radical (unpaired) electrons. The summed E-state index contributed by atoms with van der Waals surface area (Å²) >= 11 is 0. The minimum Gasteiger partial charge on any atom is -0.435 e. The zero-order valence-corrected chi connectivity index (χ0v) is 18.7. The number of carbonyl (C=O) groups is 1. The maximum atomic E-state index is 13.2. The number of carbonyl (C=O) groups excluding carboxylic acids is 1. The fourth-order valence-corrected chi connectivity index (χ4v) is 3.32. The Morgan fingerprint density at radius 2 is 1.78 bits per heavy atom. The Balaban J connectivity index is 0.00000363. The van der Waals surface area contributed by atoms with Crippen LogP contribution in [0.5, 0.6) is 5.75 Å². The van der Waals surface area contributed by atoms with Crippen LogP contribution in [-0.4, -0.2) is 31.3 Å². The fraction of sp³-hybridized carbons (Fsp3) is 0.364. The van der Waals surface area contributed by atoms with Crippen molar-refractivity contribution < 1.29 is 31.5 Å². The first-order valence-corrected chi connectivity index (χ1v) is 9.80. The number of nitrogens with zero attached hydrogens (tertiary/aromatic N) is 2. The van der Waals surface area contributed by atoms with Crippen molar-refractivity contribution in [3.05, 3.63) is 59.7 Å². The lowest BCUT2D eigenvalue weighted by Gasteiger charge is -2.26. The molecule has 10 heteroatoms. The first kappa shape index (κ1) is 25.8. The highest BCUT2D eigenvalue weighted by molar-refractivity contribution is 8.93. The molecule has 0 aromatic heterocycles. The van der Waals surface area contributed by atoms with Crippen LogP contribution in [0.1, 0.15) is 41.6 Å². The second-order valence-corrected chi connectivity index (χ2v) is 7.07. The quantitative estimate of drug-likeness (QED) is 0.320. The minimum absolute atomic E-state index is 0. The number of aliphatic imine (C=N–C) groups is 1. The lowest BCUT2D eigenvalue weighted by Crippen LogP contribution is -2.36. The van der Waals surface area contributed by atoms with E-state index in [0.717, 1.165) is 31.4 Å². The number of anilines is 1. The monoisotopic (exact) mass is 520 g/mol. The van der Waals surface area contributed by atoms with Gasteiger partial charge in [-0.2, -0.15) is 22.0 Å². The number of amidine groups is 1. The van der Waals surface area contributed by atoms with Crippen molar-refractivity contribution in [1.82, 2.24) is 0 Å². The average molecular weight is 521 g/mol. The normalized spacial score (nSPS) is 14.2. The van der Waals surface area contributed by atoms with Gasteiger partial charge in [-0.3, -0.25) is 9.79 Å². The molecule has 0 amide bonds. The molecule has 0 N–H and O–H groups in total. The highest BCUT2D eigenvalue weighted by Crippen LogP contribution is 2.32. The van der Waals surface area contributed by atoms with Gasteiger partial charge in [-0.05, 0) is 55.3 Å². The predicted molar refractivity (Wildman–Crippen MR) is 117 cm³/mol. The van der Waals surface area contributed by atoms with Crippen molar-refractivity contribution in [1.29, 1.82) is 0 Å². The number of Topliss-reactive ketones (excluding diaryl/α,β-unsaturated/α-hetero) is 1. The standard InChI is InChI=1S/C22H21F5N2O2.BrH/c23-21(24)31-18-10-8-15(9-11-18)19(30)14-29(20-7-2-1-3-12-28-20)17-6-4-5-16(13-17)22(25,26)27;/h4-6,8-11,13,21H,1-3,7,12,14H2;1H. The highest BCUT2D eigenvalue weighted by atomic mass is 79.9. The lowest BCUT2D eigenvalue weighted by atomic mass is 10.1. The summed E-state index contributed by atoms with van der Waals surface area (Å²) in [6, 6.07) is 9.96. The van der Waals surface area contributed by atoms with Crippen LogP contribution < -0.4 is 9.64 Å². The van der Waals surface area contributed by atoms with Crippen molar-refractivity contribution >= 4 is 34.3 Å². The molecule has 3 rings (SSSR count). The summed E-state index contributed by atoms with van der Waals surface area (Å²) in [7, 11) is 0. The lowest BCUT2D eigenvalue weighted by molar-refractivity contribution is -0.137. The summed E-state index contributed by atoms with van der Waals surface area (Å²) in [6.07, 6.45) is -1.33. The zero-order valence-electron chi connectivity index (χ0n) is 16.9. The van der Waals surface area contributed by atoms with Crippen LogP contribution in [0.15, 0.2) is 53.5 Å². The number of ether oxygens (including phenoxy) is 1. The molecular formula is C22H22BrF5N2O2. The molecule has 4 nitrogen and oxygen atoms in total. The summed E-state index contributed by atoms with van der Waals surface area (Å²) in [5.74, 6) is 0.0882. The van der Waals surface area contributed by atoms with Crippen molar-refractivity contribution in [2.24, 2.45) is 4.99 Å². The van der Waals surface area contributed by atoms with E-state index in [9.17, 15) is 26.7 Å². The highest BCUT2D eigenvalue weighted by Gasteiger charge is 2.31. The topological polar surface area (TPSA) is 41.9 Å². The van der Waals surface area contributed by atoms with Crippen LogP contribution >= 0.6 is 17.0 Å². The van der Waals surface area contributed by atoms with Gasteiger partial charge in [-0.1, -0.05) is 12.5 Å². The summed E-state index contributed by atoms with van der Waals surface area (Å²) in [6.45, 7) is -2.67. The van der Waals surface area contributed by atoms with Crippen LogP contribution in [0.4, 0.5) is 27.6 Å². The van der Waals surface area contributed by atoms with E-state index in [4.69, 9.17) is 0 Å². The third kappa shape index (κ3) is 7.01. The predicted octanol–water partition coefficient (Wildman–Crippen LogP) is 6.55. The third-order valence-electron chi connectivity index (χ3n) is 4.85. The summed E-state index contributed by atoms with van der Waals surface area (Å²) in [5.41, 5.74) is -0.362. The summed E-state index contributed by atoms with van der Waals surface area (Å²) in [5, 5.41) is 0. The molecule has 1 aliphatic rings. The smallest absolute Gasteiger partial charge is 0.416 e. The van der Waals surface area contributed by atoms with Crippen LogP contribution in [0.25, 0.3) is 0 Å². The fourth-order valence-electron chi connectivity index (χ4n) is 3.32. The number of ketones is 1. The molecule has 2 aromatic carbocycles. The SMILES string of the molecule is Br.O=C(CN(C1=NCCCCC1)c1cccc(C(F)(F)F)c1)c1ccc(OC(F)F)cc1. The van der Waals surface area contributed by atoms with Gasteiger partial charge in [0, 0.05) is 24.2 Å². The van der Waals surface area contributed by atoms with E-state index < -0.39 is 18.4 Å². The van der Waals surface area contributed by atoms with Gasteiger partial charge in [0.25, 0.3) is 0 Å². The maximum Gasteiger partial charge on any atom is 0.416 e. The van der Waals surface area contributed by atoms with Gasteiger partial charge < -0.3 is 9.64 Å². The number of alkyl halides is 5. The van der Waals surface area contributed by atoms with Crippen molar-refractivity contribution in [3.63, 3.8) is 0 Å². The largest absolute Gasteiger partial charge is 0.435 e. The van der Waals surface area contributed by atoms with E-state index in [2.05, 4.69) is 9.73 Å². The summed E-state index contributed by atoms with van der Waals surface area (Å²) in [4.78, 5) is 18.9. The Labute approximate surface area is 192 Å². The first-order chi connectivity index (χ1) is 14.7. The van der Waals surface area contributed by atoms with Crippen molar-refractivity contribution in [3.8, 4) is 5.75 Å². The number of rotatable bonds is 6. The molecule has 0 unspecified atom stereocenters. The molecule has 32 heavy (non-hydrogen) atoms. The first-order valence-electron chi connectivity index (χ1n) is 9.80. The Kier molecular flexibility index (Phi) is 9.18. The Morgan fingerprint density at radius 1 is 1.06 bits per heavy atom. The van der Waals surface area contributed by atoms with Crippen LogP contribution in [0.2, 0.25) is 0 Å². The molecule has 174 valence electrons. The zero-order chi connectivity index (χ0) is 22.4. The molecule has 2 aromatic rings. The number of hydrogen-bond acceptors (Lipinski definition) is 4. The van der Waals surface area contributed by atoms with Crippen molar-refractivity contribution in [2.75, 3.05) is 18.0 Å².